The molecule has 0 atom stereocenters. The summed E-state index contributed by atoms with van der Waals surface area (Å²) >= 11 is 2.25. The summed E-state index contributed by atoms with van der Waals surface area (Å²) in [6, 6.07) is 8.07. The number of rotatable bonds is 2. The van der Waals surface area contributed by atoms with E-state index in [-0.39, 0.29) is 5.91 Å². The van der Waals surface area contributed by atoms with Crippen molar-refractivity contribution in [1.29, 1.82) is 0 Å². The molecule has 3 heteroatoms. The van der Waals surface area contributed by atoms with Gasteiger partial charge in [0.1, 0.15) is 0 Å². The lowest BCUT2D eigenvalue weighted by Gasteiger charge is -2.01. The third-order valence-corrected chi connectivity index (χ3v) is 2.17. The van der Waals surface area contributed by atoms with E-state index in [9.17, 15) is 4.79 Å². The summed E-state index contributed by atoms with van der Waals surface area (Å²) in [6.45, 7) is 2.14. The van der Waals surface area contributed by atoms with Gasteiger partial charge in [-0.05, 0) is 40.3 Å². The average Bonchev–Trinajstić information content (AvgIpc) is 2.03. The normalized spacial score (nSPS) is 9.50. The van der Waals surface area contributed by atoms with E-state index in [0.29, 0.717) is 6.54 Å². The molecule has 0 saturated carbocycles. The fourth-order valence-corrected chi connectivity index (χ4v) is 1.19. The molecule has 1 amide bonds. The zero-order chi connectivity index (χ0) is 8.97. The van der Waals surface area contributed by atoms with E-state index in [1.807, 2.05) is 24.3 Å². The van der Waals surface area contributed by atoms with Crippen molar-refractivity contribution >= 4 is 28.5 Å². The first-order chi connectivity index (χ1) is 5.68. The van der Waals surface area contributed by atoms with Gasteiger partial charge in [-0.15, -0.1) is 0 Å². The van der Waals surface area contributed by atoms with E-state index in [1.165, 1.54) is 10.5 Å². The topological polar surface area (TPSA) is 29.1 Å². The second-order valence-electron chi connectivity index (χ2n) is 2.54. The number of carbonyl (C=O) groups excluding carboxylic acids is 1. The molecule has 0 heterocycles. The fraction of sp³-hybridized carbons (Fsp3) is 0.222. The summed E-state index contributed by atoms with van der Waals surface area (Å²) in [5.41, 5.74) is 1.13. The van der Waals surface area contributed by atoms with Gasteiger partial charge in [0.05, 0.1) is 0 Å². The van der Waals surface area contributed by atoms with E-state index in [2.05, 4.69) is 27.9 Å². The van der Waals surface area contributed by atoms with Crippen LogP contribution >= 0.6 is 22.6 Å². The Morgan fingerprint density at radius 3 is 2.50 bits per heavy atom. The highest BCUT2D eigenvalue weighted by Gasteiger charge is 1.93. The van der Waals surface area contributed by atoms with Crippen molar-refractivity contribution in [2.75, 3.05) is 0 Å². The molecular formula is C9H10INO. The molecule has 0 saturated heterocycles. The van der Waals surface area contributed by atoms with Gasteiger partial charge < -0.3 is 5.32 Å². The number of nitrogens with one attached hydrogen (secondary N) is 1. The van der Waals surface area contributed by atoms with E-state index < -0.39 is 0 Å². The standard InChI is InChI=1S/C9H10INO/c1-7(12)11-6-8-2-4-9(10)5-3-8/h2-5H,6H2,1H3,(H,11,12). The molecule has 0 radical (unpaired) electrons. The van der Waals surface area contributed by atoms with E-state index in [4.69, 9.17) is 0 Å². The van der Waals surface area contributed by atoms with Gasteiger partial charge in [0.25, 0.3) is 0 Å². The van der Waals surface area contributed by atoms with Crippen molar-refractivity contribution in [3.63, 3.8) is 0 Å². The molecule has 1 N–H and O–H groups in total. The lowest BCUT2D eigenvalue weighted by Crippen LogP contribution is -2.18. The molecule has 0 unspecified atom stereocenters. The predicted octanol–water partition coefficient (Wildman–Crippen LogP) is 1.93. The highest BCUT2D eigenvalue weighted by Crippen LogP contribution is 2.06. The van der Waals surface area contributed by atoms with Crippen LogP contribution < -0.4 is 5.32 Å². The summed E-state index contributed by atoms with van der Waals surface area (Å²) in [7, 11) is 0. The molecule has 0 aliphatic carbocycles. The molecule has 0 aliphatic rings. The molecule has 1 aromatic carbocycles. The molecule has 64 valence electrons. The van der Waals surface area contributed by atoms with Crippen LogP contribution in [0.1, 0.15) is 12.5 Å². The number of halogens is 1. The Kier molecular flexibility index (Phi) is 3.52. The van der Waals surface area contributed by atoms with Crippen LogP contribution in [0.2, 0.25) is 0 Å². The molecule has 2 nitrogen and oxygen atoms in total. The quantitative estimate of drug-likeness (QED) is 0.821. The highest BCUT2D eigenvalue weighted by atomic mass is 127. The van der Waals surface area contributed by atoms with Crippen molar-refractivity contribution in [2.24, 2.45) is 0 Å². The largest absolute Gasteiger partial charge is 0.352 e. The van der Waals surface area contributed by atoms with Crippen LogP contribution in [0.25, 0.3) is 0 Å². The minimum atomic E-state index is 0.00792. The Balaban J connectivity index is 2.53. The van der Waals surface area contributed by atoms with Crippen LogP contribution in [0, 0.1) is 3.57 Å². The minimum absolute atomic E-state index is 0.00792. The number of amides is 1. The van der Waals surface area contributed by atoms with Gasteiger partial charge in [-0.25, -0.2) is 0 Å². The zero-order valence-corrected chi connectivity index (χ0v) is 8.96. The molecule has 0 aromatic heterocycles. The van der Waals surface area contributed by atoms with Crippen LogP contribution in [0.5, 0.6) is 0 Å². The third kappa shape index (κ3) is 3.21. The van der Waals surface area contributed by atoms with Crippen LogP contribution in [0.3, 0.4) is 0 Å². The molecule has 0 fully saturated rings. The second-order valence-corrected chi connectivity index (χ2v) is 3.78. The lowest BCUT2D eigenvalue weighted by atomic mass is 10.2. The van der Waals surface area contributed by atoms with Gasteiger partial charge in [0.15, 0.2) is 0 Å². The molecule has 1 rings (SSSR count). The molecule has 1 aromatic rings. The van der Waals surface area contributed by atoms with Crippen molar-refractivity contribution < 1.29 is 4.79 Å². The smallest absolute Gasteiger partial charge is 0.217 e. The number of hydrogen-bond donors (Lipinski definition) is 1. The Hall–Kier alpha value is -0.580. The maximum Gasteiger partial charge on any atom is 0.217 e. The van der Waals surface area contributed by atoms with Crippen LogP contribution in [0.4, 0.5) is 0 Å². The Morgan fingerprint density at radius 2 is 2.00 bits per heavy atom. The second kappa shape index (κ2) is 4.45. The Bertz CT molecular complexity index is 268. The SMILES string of the molecule is CC(=O)NCc1ccc(I)cc1. The van der Waals surface area contributed by atoms with Crippen molar-refractivity contribution in [1.82, 2.24) is 5.32 Å². The van der Waals surface area contributed by atoms with Crippen molar-refractivity contribution in [3.05, 3.63) is 33.4 Å². The van der Waals surface area contributed by atoms with Crippen molar-refractivity contribution in [3.8, 4) is 0 Å². The Labute approximate surface area is 85.5 Å². The number of benzene rings is 1. The van der Waals surface area contributed by atoms with E-state index >= 15 is 0 Å². The lowest BCUT2D eigenvalue weighted by molar-refractivity contribution is -0.119. The summed E-state index contributed by atoms with van der Waals surface area (Å²) in [5.74, 6) is 0.00792. The summed E-state index contributed by atoms with van der Waals surface area (Å²) in [4.78, 5) is 10.6. The van der Waals surface area contributed by atoms with Gasteiger partial charge in [-0.2, -0.15) is 0 Å². The van der Waals surface area contributed by atoms with Gasteiger partial charge in [0.2, 0.25) is 5.91 Å². The van der Waals surface area contributed by atoms with Gasteiger partial charge in [0, 0.05) is 17.0 Å². The summed E-state index contributed by atoms with van der Waals surface area (Å²) < 4.78 is 1.21. The monoisotopic (exact) mass is 275 g/mol. The predicted molar refractivity (Wildman–Crippen MR) is 56.7 cm³/mol. The summed E-state index contributed by atoms with van der Waals surface area (Å²) in [5, 5.41) is 2.74. The highest BCUT2D eigenvalue weighted by molar-refractivity contribution is 14.1. The first-order valence-corrected chi connectivity index (χ1v) is 4.75. The fourth-order valence-electron chi connectivity index (χ4n) is 0.829. The van der Waals surface area contributed by atoms with Crippen LogP contribution in [-0.2, 0) is 11.3 Å². The van der Waals surface area contributed by atoms with Gasteiger partial charge in [-0.1, -0.05) is 12.1 Å². The molecular weight excluding hydrogens is 265 g/mol. The molecule has 0 spiro atoms. The van der Waals surface area contributed by atoms with Gasteiger partial charge in [-0.3, -0.25) is 4.79 Å². The van der Waals surface area contributed by atoms with Crippen LogP contribution in [0.15, 0.2) is 24.3 Å². The Morgan fingerprint density at radius 1 is 1.42 bits per heavy atom. The zero-order valence-electron chi connectivity index (χ0n) is 6.80. The average molecular weight is 275 g/mol. The first-order valence-electron chi connectivity index (χ1n) is 3.67. The molecule has 12 heavy (non-hydrogen) atoms. The molecule has 0 aliphatic heterocycles. The maximum absolute atomic E-state index is 10.6. The number of carbonyl (C=O) groups is 1. The van der Waals surface area contributed by atoms with Crippen LogP contribution in [-0.4, -0.2) is 5.91 Å². The van der Waals surface area contributed by atoms with E-state index in [0.717, 1.165) is 5.56 Å². The van der Waals surface area contributed by atoms with Gasteiger partial charge >= 0.3 is 0 Å². The van der Waals surface area contributed by atoms with E-state index in [1.54, 1.807) is 0 Å². The number of hydrogen-bond acceptors (Lipinski definition) is 1. The summed E-state index contributed by atoms with van der Waals surface area (Å²) in [6.07, 6.45) is 0. The maximum atomic E-state index is 10.6. The molecule has 0 bridgehead atoms. The minimum Gasteiger partial charge on any atom is -0.352 e. The third-order valence-electron chi connectivity index (χ3n) is 1.45. The van der Waals surface area contributed by atoms with Crippen molar-refractivity contribution in [2.45, 2.75) is 13.5 Å². The first kappa shape index (κ1) is 9.51.